The van der Waals surface area contributed by atoms with Gasteiger partial charge in [-0.05, 0) is 36.4 Å². The van der Waals surface area contributed by atoms with Crippen molar-refractivity contribution in [1.29, 1.82) is 0 Å². The molecule has 4 rings (SSSR count). The van der Waals surface area contributed by atoms with E-state index in [1.54, 1.807) is 43.3 Å². The lowest BCUT2D eigenvalue weighted by Gasteiger charge is -2.27. The summed E-state index contributed by atoms with van der Waals surface area (Å²) in [5.74, 6) is 0.659. The highest BCUT2D eigenvalue weighted by Crippen LogP contribution is 2.29. The molecule has 0 N–H and O–H groups in total. The Bertz CT molecular complexity index is 1120. The van der Waals surface area contributed by atoms with Crippen molar-refractivity contribution in [3.63, 3.8) is 0 Å². The van der Waals surface area contributed by atoms with Crippen LogP contribution < -0.4 is 4.74 Å². The highest BCUT2D eigenvalue weighted by atomic mass is 35.5. The SMILES string of the molecule is C=CCN1CCc2c(c(CN(C)C(=O)c3ccc(OC)cc3)nn2-c2ccccc2Cl)C1. The molecule has 0 aliphatic carbocycles. The number of amides is 1. The van der Waals surface area contributed by atoms with Gasteiger partial charge in [0.25, 0.3) is 5.91 Å². The number of carbonyl (C=O) groups excluding carboxylic acids is 1. The van der Waals surface area contributed by atoms with Gasteiger partial charge in [0.2, 0.25) is 0 Å². The number of rotatable bonds is 7. The van der Waals surface area contributed by atoms with E-state index in [9.17, 15) is 4.79 Å². The number of nitrogens with zero attached hydrogens (tertiary/aromatic N) is 4. The van der Waals surface area contributed by atoms with Crippen molar-refractivity contribution >= 4 is 17.5 Å². The fraction of sp³-hybridized carbons (Fsp3) is 0.280. The van der Waals surface area contributed by atoms with Gasteiger partial charge in [-0.1, -0.05) is 29.8 Å². The van der Waals surface area contributed by atoms with Gasteiger partial charge >= 0.3 is 0 Å². The van der Waals surface area contributed by atoms with Crippen LogP contribution in [0.1, 0.15) is 27.3 Å². The first-order chi connectivity index (χ1) is 15.5. The van der Waals surface area contributed by atoms with Crippen molar-refractivity contribution in [2.45, 2.75) is 19.5 Å². The molecule has 0 unspecified atom stereocenters. The summed E-state index contributed by atoms with van der Waals surface area (Å²) in [6.45, 7) is 6.79. The largest absolute Gasteiger partial charge is 0.497 e. The zero-order chi connectivity index (χ0) is 22.7. The van der Waals surface area contributed by atoms with Crippen LogP contribution in [0.4, 0.5) is 0 Å². The zero-order valence-corrected chi connectivity index (χ0v) is 19.2. The molecule has 1 amide bonds. The van der Waals surface area contributed by atoms with E-state index < -0.39 is 0 Å². The number of benzene rings is 2. The van der Waals surface area contributed by atoms with Crippen molar-refractivity contribution in [1.82, 2.24) is 19.6 Å². The number of methoxy groups -OCH3 is 1. The van der Waals surface area contributed by atoms with Gasteiger partial charge in [-0.15, -0.1) is 6.58 Å². The predicted molar refractivity (Wildman–Crippen MR) is 127 cm³/mol. The summed E-state index contributed by atoms with van der Waals surface area (Å²) in [5.41, 5.74) is 4.67. The Labute approximate surface area is 193 Å². The van der Waals surface area contributed by atoms with Crippen molar-refractivity contribution in [3.8, 4) is 11.4 Å². The molecule has 0 saturated heterocycles. The number of aromatic nitrogens is 2. The van der Waals surface area contributed by atoms with Crippen LogP contribution in [0.3, 0.4) is 0 Å². The molecule has 0 bridgehead atoms. The normalized spacial score (nSPS) is 13.5. The van der Waals surface area contributed by atoms with E-state index in [1.165, 1.54) is 0 Å². The third-order valence-electron chi connectivity index (χ3n) is 5.76. The average molecular weight is 451 g/mol. The molecule has 3 aromatic rings. The first-order valence-corrected chi connectivity index (χ1v) is 11.0. The van der Waals surface area contributed by atoms with Gasteiger partial charge in [0.1, 0.15) is 5.75 Å². The Morgan fingerprint density at radius 2 is 2.00 bits per heavy atom. The molecule has 1 aromatic heterocycles. The van der Waals surface area contributed by atoms with Crippen LogP contribution >= 0.6 is 11.6 Å². The number of para-hydroxylation sites is 1. The Morgan fingerprint density at radius 3 is 2.69 bits per heavy atom. The van der Waals surface area contributed by atoms with Gasteiger partial charge in [-0.25, -0.2) is 4.68 Å². The zero-order valence-electron chi connectivity index (χ0n) is 18.4. The fourth-order valence-corrected chi connectivity index (χ4v) is 4.30. The summed E-state index contributed by atoms with van der Waals surface area (Å²) < 4.78 is 7.14. The first kappa shape index (κ1) is 22.1. The molecule has 0 radical (unpaired) electrons. The lowest BCUT2D eigenvalue weighted by Crippen LogP contribution is -2.32. The van der Waals surface area contributed by atoms with E-state index in [1.807, 2.05) is 35.0 Å². The standard InChI is InChI=1S/C25H27ClN4O2/c1-4-14-29-15-13-23-20(16-29)22(27-30(23)24-8-6-5-7-21(24)26)17-28(2)25(31)18-9-11-19(32-3)12-10-18/h4-12H,1,13-17H2,2-3H3. The molecule has 2 aromatic carbocycles. The van der Waals surface area contributed by atoms with Crippen LogP contribution in [-0.2, 0) is 19.5 Å². The van der Waals surface area contributed by atoms with E-state index in [0.29, 0.717) is 17.1 Å². The van der Waals surface area contributed by atoms with E-state index in [0.717, 1.165) is 54.4 Å². The molecular formula is C25H27ClN4O2. The van der Waals surface area contributed by atoms with Crippen LogP contribution in [0.15, 0.2) is 61.2 Å². The lowest BCUT2D eigenvalue weighted by atomic mass is 10.0. The Balaban J connectivity index is 1.66. The predicted octanol–water partition coefficient (Wildman–Crippen LogP) is 4.35. The van der Waals surface area contributed by atoms with Gasteiger partial charge in [0.15, 0.2) is 0 Å². The number of hydrogen-bond donors (Lipinski definition) is 0. The highest BCUT2D eigenvalue weighted by Gasteiger charge is 2.27. The second-order valence-electron chi connectivity index (χ2n) is 7.90. The van der Waals surface area contributed by atoms with Gasteiger partial charge in [-0.3, -0.25) is 9.69 Å². The molecule has 1 aliphatic rings. The van der Waals surface area contributed by atoms with Gasteiger partial charge in [0.05, 0.1) is 35.8 Å². The Morgan fingerprint density at radius 1 is 1.25 bits per heavy atom. The average Bonchev–Trinajstić information content (AvgIpc) is 3.16. The molecule has 0 fully saturated rings. The number of carbonyl (C=O) groups is 1. The van der Waals surface area contributed by atoms with Crippen LogP contribution in [-0.4, -0.2) is 52.7 Å². The maximum Gasteiger partial charge on any atom is 0.253 e. The number of halogens is 1. The molecular weight excluding hydrogens is 424 g/mol. The third kappa shape index (κ3) is 4.42. The monoisotopic (exact) mass is 450 g/mol. The molecule has 32 heavy (non-hydrogen) atoms. The van der Waals surface area contributed by atoms with Crippen molar-refractivity contribution < 1.29 is 9.53 Å². The van der Waals surface area contributed by atoms with E-state index in [-0.39, 0.29) is 5.91 Å². The summed E-state index contributed by atoms with van der Waals surface area (Å²) in [6, 6.07) is 14.9. The smallest absolute Gasteiger partial charge is 0.253 e. The van der Waals surface area contributed by atoms with Crippen LogP contribution in [0, 0.1) is 0 Å². The van der Waals surface area contributed by atoms with Crippen LogP contribution in [0.5, 0.6) is 5.75 Å². The van der Waals surface area contributed by atoms with Gasteiger partial charge in [0, 0.05) is 44.2 Å². The van der Waals surface area contributed by atoms with Gasteiger partial charge in [-0.2, -0.15) is 5.10 Å². The van der Waals surface area contributed by atoms with E-state index >= 15 is 0 Å². The minimum absolute atomic E-state index is 0.0625. The number of fused-ring (bicyclic) bond motifs is 1. The maximum atomic E-state index is 13.0. The van der Waals surface area contributed by atoms with E-state index in [2.05, 4.69) is 11.5 Å². The van der Waals surface area contributed by atoms with E-state index in [4.69, 9.17) is 21.4 Å². The molecule has 0 saturated carbocycles. The molecule has 2 heterocycles. The number of ether oxygens (including phenoxy) is 1. The van der Waals surface area contributed by atoms with Gasteiger partial charge < -0.3 is 9.64 Å². The lowest BCUT2D eigenvalue weighted by molar-refractivity contribution is 0.0782. The Kier molecular flexibility index (Phi) is 6.63. The fourth-order valence-electron chi connectivity index (χ4n) is 4.08. The summed E-state index contributed by atoms with van der Waals surface area (Å²) in [5, 5.41) is 5.58. The first-order valence-electron chi connectivity index (χ1n) is 10.6. The second-order valence-corrected chi connectivity index (χ2v) is 8.31. The number of hydrogen-bond acceptors (Lipinski definition) is 4. The molecule has 1 aliphatic heterocycles. The molecule has 166 valence electrons. The minimum atomic E-state index is -0.0625. The quantitative estimate of drug-likeness (QED) is 0.502. The molecule has 0 spiro atoms. The summed E-state index contributed by atoms with van der Waals surface area (Å²) in [7, 11) is 3.41. The maximum absolute atomic E-state index is 13.0. The van der Waals surface area contributed by atoms with Crippen molar-refractivity contribution in [2.24, 2.45) is 0 Å². The molecule has 7 heteroatoms. The third-order valence-corrected chi connectivity index (χ3v) is 6.08. The summed E-state index contributed by atoms with van der Waals surface area (Å²) >= 11 is 6.49. The summed E-state index contributed by atoms with van der Waals surface area (Å²) in [6.07, 6.45) is 2.78. The molecule has 0 atom stereocenters. The van der Waals surface area contributed by atoms with Crippen LogP contribution in [0.2, 0.25) is 5.02 Å². The van der Waals surface area contributed by atoms with Crippen molar-refractivity contribution in [3.05, 3.63) is 88.7 Å². The minimum Gasteiger partial charge on any atom is -0.497 e. The van der Waals surface area contributed by atoms with Crippen molar-refractivity contribution in [2.75, 3.05) is 27.2 Å². The molecule has 6 nitrogen and oxygen atoms in total. The summed E-state index contributed by atoms with van der Waals surface area (Å²) in [4.78, 5) is 17.1. The Hall–Kier alpha value is -3.09. The van der Waals surface area contributed by atoms with Crippen LogP contribution in [0.25, 0.3) is 5.69 Å². The topological polar surface area (TPSA) is 50.6 Å². The highest BCUT2D eigenvalue weighted by molar-refractivity contribution is 6.32. The second kappa shape index (κ2) is 9.59.